The van der Waals surface area contributed by atoms with Crippen molar-refractivity contribution in [1.29, 1.82) is 0 Å². The number of likely N-dealkylation sites (tertiary alicyclic amines) is 1. The van der Waals surface area contributed by atoms with Gasteiger partial charge < -0.3 is 16.0 Å². The molecule has 1 saturated heterocycles. The van der Waals surface area contributed by atoms with Gasteiger partial charge in [0.05, 0.1) is 5.69 Å². The molecular formula is C18H21N5O2. The van der Waals surface area contributed by atoms with Crippen LogP contribution in [0.15, 0.2) is 36.4 Å². The van der Waals surface area contributed by atoms with Crippen molar-refractivity contribution in [1.82, 2.24) is 15.1 Å². The molecule has 7 heteroatoms. The Kier molecular flexibility index (Phi) is 4.92. The first-order valence-corrected chi connectivity index (χ1v) is 8.32. The van der Waals surface area contributed by atoms with Gasteiger partial charge in [-0.2, -0.15) is 0 Å². The summed E-state index contributed by atoms with van der Waals surface area (Å²) >= 11 is 0. The minimum Gasteiger partial charge on any atom is -0.367 e. The van der Waals surface area contributed by atoms with Gasteiger partial charge in [-0.25, -0.2) is 0 Å². The number of anilines is 1. The Balaban J connectivity index is 1.63. The first-order chi connectivity index (χ1) is 12.0. The number of aromatic nitrogens is 2. The molecule has 0 saturated carbocycles. The number of nitrogens with one attached hydrogen (secondary N) is 1. The molecule has 0 radical (unpaired) electrons. The Bertz CT molecular complexity index is 775. The van der Waals surface area contributed by atoms with Gasteiger partial charge in [-0.05, 0) is 37.6 Å². The number of amides is 2. The highest BCUT2D eigenvalue weighted by Gasteiger charge is 2.24. The SMILES string of the molecule is CC(CNc1ccc(-c2cccc(C(N)=O)c2)nn1)N1CCCC1=O. The van der Waals surface area contributed by atoms with Crippen LogP contribution in [0.1, 0.15) is 30.1 Å². The average Bonchev–Trinajstić information content (AvgIpc) is 3.06. The largest absolute Gasteiger partial charge is 0.367 e. The Morgan fingerprint density at radius 2 is 2.16 bits per heavy atom. The molecule has 0 spiro atoms. The first-order valence-electron chi connectivity index (χ1n) is 8.32. The van der Waals surface area contributed by atoms with Crippen molar-refractivity contribution in [2.75, 3.05) is 18.4 Å². The lowest BCUT2D eigenvalue weighted by atomic mass is 10.1. The summed E-state index contributed by atoms with van der Waals surface area (Å²) in [5.74, 6) is 0.386. The second kappa shape index (κ2) is 7.29. The van der Waals surface area contributed by atoms with Crippen LogP contribution in [0.25, 0.3) is 11.3 Å². The van der Waals surface area contributed by atoms with Gasteiger partial charge in [0.25, 0.3) is 0 Å². The number of primary amides is 1. The lowest BCUT2D eigenvalue weighted by Crippen LogP contribution is -2.38. The molecule has 3 N–H and O–H groups in total. The van der Waals surface area contributed by atoms with Crippen molar-refractivity contribution >= 4 is 17.6 Å². The van der Waals surface area contributed by atoms with Gasteiger partial charge >= 0.3 is 0 Å². The molecular weight excluding hydrogens is 318 g/mol. The van der Waals surface area contributed by atoms with E-state index >= 15 is 0 Å². The predicted octanol–water partition coefficient (Wildman–Crippen LogP) is 1.67. The monoisotopic (exact) mass is 339 g/mol. The zero-order chi connectivity index (χ0) is 17.8. The lowest BCUT2D eigenvalue weighted by Gasteiger charge is -2.24. The number of carbonyl (C=O) groups excluding carboxylic acids is 2. The highest BCUT2D eigenvalue weighted by Crippen LogP contribution is 2.19. The topological polar surface area (TPSA) is 101 Å². The summed E-state index contributed by atoms with van der Waals surface area (Å²) in [6.07, 6.45) is 1.57. The zero-order valence-electron chi connectivity index (χ0n) is 14.1. The Hall–Kier alpha value is -2.96. The fourth-order valence-electron chi connectivity index (χ4n) is 2.91. The van der Waals surface area contributed by atoms with Gasteiger partial charge in [-0.15, -0.1) is 10.2 Å². The lowest BCUT2D eigenvalue weighted by molar-refractivity contribution is -0.129. The van der Waals surface area contributed by atoms with E-state index in [1.807, 2.05) is 30.0 Å². The summed E-state index contributed by atoms with van der Waals surface area (Å²) in [4.78, 5) is 24.9. The molecule has 0 aliphatic carbocycles. The van der Waals surface area contributed by atoms with Crippen LogP contribution in [-0.2, 0) is 4.79 Å². The molecule has 3 rings (SSSR count). The summed E-state index contributed by atoms with van der Waals surface area (Å²) in [5, 5.41) is 11.6. The molecule has 1 aliphatic rings. The van der Waals surface area contributed by atoms with E-state index in [4.69, 9.17) is 5.73 Å². The number of hydrogen-bond acceptors (Lipinski definition) is 5. The molecule has 1 aromatic heterocycles. The van der Waals surface area contributed by atoms with Gasteiger partial charge in [0.2, 0.25) is 11.8 Å². The van der Waals surface area contributed by atoms with Crippen LogP contribution in [0.4, 0.5) is 5.82 Å². The van der Waals surface area contributed by atoms with E-state index in [1.165, 1.54) is 0 Å². The zero-order valence-corrected chi connectivity index (χ0v) is 14.1. The van der Waals surface area contributed by atoms with Crippen molar-refractivity contribution < 1.29 is 9.59 Å². The maximum atomic E-state index is 11.7. The van der Waals surface area contributed by atoms with Gasteiger partial charge in [0, 0.05) is 36.7 Å². The van der Waals surface area contributed by atoms with Crippen molar-refractivity contribution in [3.63, 3.8) is 0 Å². The standard InChI is InChI=1S/C18H21N5O2/c1-12(23-9-3-6-17(23)24)11-20-16-8-7-15(21-22-16)13-4-2-5-14(10-13)18(19)25/h2,4-5,7-8,10,12H,3,6,9,11H2,1H3,(H2,19,25)(H,20,22). The molecule has 1 unspecified atom stereocenters. The van der Waals surface area contributed by atoms with E-state index in [0.717, 1.165) is 18.5 Å². The predicted molar refractivity (Wildman–Crippen MR) is 94.9 cm³/mol. The normalized spacial score (nSPS) is 15.2. The van der Waals surface area contributed by atoms with Crippen LogP contribution in [-0.4, -0.2) is 46.0 Å². The van der Waals surface area contributed by atoms with E-state index < -0.39 is 5.91 Å². The van der Waals surface area contributed by atoms with Crippen LogP contribution in [0, 0.1) is 0 Å². The highest BCUT2D eigenvalue weighted by atomic mass is 16.2. The molecule has 2 amide bonds. The van der Waals surface area contributed by atoms with E-state index in [-0.39, 0.29) is 11.9 Å². The fraction of sp³-hybridized carbons (Fsp3) is 0.333. The Morgan fingerprint density at radius 3 is 2.80 bits per heavy atom. The number of hydrogen-bond donors (Lipinski definition) is 2. The van der Waals surface area contributed by atoms with Gasteiger partial charge in [-0.3, -0.25) is 9.59 Å². The molecule has 25 heavy (non-hydrogen) atoms. The molecule has 0 bridgehead atoms. The van der Waals surface area contributed by atoms with E-state index in [1.54, 1.807) is 18.2 Å². The van der Waals surface area contributed by atoms with Crippen molar-refractivity contribution in [3.05, 3.63) is 42.0 Å². The third kappa shape index (κ3) is 3.93. The summed E-state index contributed by atoms with van der Waals surface area (Å²) in [6.45, 7) is 3.47. The van der Waals surface area contributed by atoms with Crippen molar-refractivity contribution in [2.45, 2.75) is 25.8 Å². The third-order valence-electron chi connectivity index (χ3n) is 4.33. The van der Waals surface area contributed by atoms with Gasteiger partial charge in [0.1, 0.15) is 5.82 Å². The van der Waals surface area contributed by atoms with Crippen LogP contribution in [0.5, 0.6) is 0 Å². The number of rotatable bonds is 6. The average molecular weight is 339 g/mol. The summed E-state index contributed by atoms with van der Waals surface area (Å²) in [5.41, 5.74) is 7.18. The number of nitrogens with two attached hydrogens (primary N) is 1. The van der Waals surface area contributed by atoms with Crippen LogP contribution in [0.2, 0.25) is 0 Å². The molecule has 2 aromatic rings. The molecule has 7 nitrogen and oxygen atoms in total. The van der Waals surface area contributed by atoms with Crippen molar-refractivity contribution in [3.8, 4) is 11.3 Å². The number of carbonyl (C=O) groups is 2. The summed E-state index contributed by atoms with van der Waals surface area (Å²) in [7, 11) is 0. The Morgan fingerprint density at radius 1 is 1.32 bits per heavy atom. The Labute approximate surface area is 146 Å². The maximum Gasteiger partial charge on any atom is 0.248 e. The molecule has 1 aliphatic heterocycles. The molecule has 1 aromatic carbocycles. The molecule has 1 fully saturated rings. The first kappa shape index (κ1) is 16.9. The smallest absolute Gasteiger partial charge is 0.248 e. The molecule has 1 atom stereocenters. The van der Waals surface area contributed by atoms with Crippen molar-refractivity contribution in [2.24, 2.45) is 5.73 Å². The number of benzene rings is 1. The second-order valence-corrected chi connectivity index (χ2v) is 6.17. The van der Waals surface area contributed by atoms with Crippen LogP contribution in [0.3, 0.4) is 0 Å². The fourth-order valence-corrected chi connectivity index (χ4v) is 2.91. The number of nitrogens with zero attached hydrogens (tertiary/aromatic N) is 3. The summed E-state index contributed by atoms with van der Waals surface area (Å²) in [6, 6.07) is 10.8. The van der Waals surface area contributed by atoms with Gasteiger partial charge in [-0.1, -0.05) is 12.1 Å². The molecule has 2 heterocycles. The minimum atomic E-state index is -0.474. The highest BCUT2D eigenvalue weighted by molar-refractivity contribution is 5.94. The minimum absolute atomic E-state index is 0.115. The van der Waals surface area contributed by atoms with E-state index in [0.29, 0.717) is 30.0 Å². The quantitative estimate of drug-likeness (QED) is 0.833. The van der Waals surface area contributed by atoms with Crippen LogP contribution < -0.4 is 11.1 Å². The second-order valence-electron chi connectivity index (χ2n) is 6.17. The molecule has 130 valence electrons. The maximum absolute atomic E-state index is 11.7. The van der Waals surface area contributed by atoms with E-state index in [2.05, 4.69) is 15.5 Å². The van der Waals surface area contributed by atoms with E-state index in [9.17, 15) is 9.59 Å². The summed E-state index contributed by atoms with van der Waals surface area (Å²) < 4.78 is 0. The van der Waals surface area contributed by atoms with Gasteiger partial charge in [0.15, 0.2) is 0 Å². The van der Waals surface area contributed by atoms with Crippen LogP contribution >= 0.6 is 0 Å². The third-order valence-corrected chi connectivity index (χ3v) is 4.33.